The van der Waals surface area contributed by atoms with Crippen LogP contribution in [-0.2, 0) is 26.2 Å². The molecule has 0 bridgehead atoms. The predicted octanol–water partition coefficient (Wildman–Crippen LogP) is 3.75. The van der Waals surface area contributed by atoms with Crippen molar-refractivity contribution in [1.29, 1.82) is 0 Å². The lowest BCUT2D eigenvalue weighted by Gasteiger charge is -2.31. The maximum atomic E-state index is 13.4. The van der Waals surface area contributed by atoms with E-state index >= 15 is 0 Å². The van der Waals surface area contributed by atoms with Crippen LogP contribution in [0.5, 0.6) is 0 Å². The predicted molar refractivity (Wildman–Crippen MR) is 133 cm³/mol. The summed E-state index contributed by atoms with van der Waals surface area (Å²) in [6.07, 6.45) is 2.81. The van der Waals surface area contributed by atoms with Crippen molar-refractivity contribution < 1.29 is 18.0 Å². The molecule has 0 aliphatic rings. The fourth-order valence-corrected chi connectivity index (χ4v) is 4.27. The van der Waals surface area contributed by atoms with E-state index in [0.717, 1.165) is 34.5 Å². The highest BCUT2D eigenvalue weighted by molar-refractivity contribution is 7.92. The van der Waals surface area contributed by atoms with Gasteiger partial charge in [-0.3, -0.25) is 13.9 Å². The lowest BCUT2D eigenvalue weighted by molar-refractivity contribution is -0.139. The maximum absolute atomic E-state index is 13.4. The quantitative estimate of drug-likeness (QED) is 0.483. The molecular formula is C24H32ClN3O4S. The van der Waals surface area contributed by atoms with Crippen molar-refractivity contribution in [2.24, 2.45) is 0 Å². The van der Waals surface area contributed by atoms with E-state index in [9.17, 15) is 18.0 Å². The molecule has 0 fully saturated rings. The van der Waals surface area contributed by atoms with Crippen molar-refractivity contribution in [3.05, 3.63) is 64.7 Å². The summed E-state index contributed by atoms with van der Waals surface area (Å²) >= 11 is 6.20. The number of anilines is 1. The van der Waals surface area contributed by atoms with Gasteiger partial charge in [0.1, 0.15) is 12.6 Å². The van der Waals surface area contributed by atoms with Crippen LogP contribution < -0.4 is 9.62 Å². The van der Waals surface area contributed by atoms with Crippen molar-refractivity contribution in [3.63, 3.8) is 0 Å². The number of unbranched alkanes of at least 4 members (excludes halogenated alkanes) is 1. The van der Waals surface area contributed by atoms with Crippen molar-refractivity contribution in [2.75, 3.05) is 23.7 Å². The van der Waals surface area contributed by atoms with Crippen molar-refractivity contribution in [2.45, 2.75) is 46.2 Å². The van der Waals surface area contributed by atoms with Gasteiger partial charge in [-0.2, -0.15) is 0 Å². The second kappa shape index (κ2) is 12.0. The highest BCUT2D eigenvalue weighted by atomic mass is 35.5. The van der Waals surface area contributed by atoms with E-state index in [2.05, 4.69) is 5.32 Å². The fourth-order valence-electron chi connectivity index (χ4n) is 3.25. The summed E-state index contributed by atoms with van der Waals surface area (Å²) < 4.78 is 26.1. The average molecular weight is 494 g/mol. The molecule has 0 spiro atoms. The van der Waals surface area contributed by atoms with Gasteiger partial charge in [0.25, 0.3) is 0 Å². The number of rotatable bonds is 11. The molecule has 2 amide bonds. The molecule has 0 aliphatic heterocycles. The molecule has 0 aliphatic carbocycles. The smallest absolute Gasteiger partial charge is 0.244 e. The molecular weight excluding hydrogens is 462 g/mol. The average Bonchev–Trinajstić information content (AvgIpc) is 2.77. The molecule has 7 nitrogen and oxygen atoms in total. The summed E-state index contributed by atoms with van der Waals surface area (Å²) in [6.45, 7) is 5.73. The SMILES string of the molecule is CCCCNC(=O)C(C)N(Cc1ccccc1)C(=O)CN(c1ccc(C)c(Cl)c1)S(C)(=O)=O. The second-order valence-electron chi connectivity index (χ2n) is 8.03. The van der Waals surface area contributed by atoms with Crippen LogP contribution in [0, 0.1) is 6.92 Å². The molecule has 0 aromatic heterocycles. The number of benzene rings is 2. The number of nitrogens with zero attached hydrogens (tertiary/aromatic N) is 2. The van der Waals surface area contributed by atoms with Gasteiger partial charge in [0.05, 0.1) is 11.9 Å². The molecule has 1 unspecified atom stereocenters. The van der Waals surface area contributed by atoms with E-state index in [1.54, 1.807) is 19.1 Å². The van der Waals surface area contributed by atoms with Crippen molar-refractivity contribution >= 4 is 39.1 Å². The standard InChI is InChI=1S/C24H32ClN3O4S/c1-5-6-14-26-24(30)19(3)27(16-20-10-8-7-9-11-20)23(29)17-28(33(4,31)32)21-13-12-18(2)22(25)15-21/h7-13,15,19H,5-6,14,16-17H2,1-4H3,(H,26,30). The molecule has 0 radical (unpaired) electrons. The Morgan fingerprint density at radius 1 is 1.12 bits per heavy atom. The van der Waals surface area contributed by atoms with E-state index in [0.29, 0.717) is 17.3 Å². The summed E-state index contributed by atoms with van der Waals surface area (Å²) in [5.74, 6) is -0.767. The van der Waals surface area contributed by atoms with Crippen LogP contribution in [-0.4, -0.2) is 50.5 Å². The van der Waals surface area contributed by atoms with Crippen LogP contribution in [0.1, 0.15) is 37.8 Å². The molecule has 0 saturated heterocycles. The number of halogens is 1. The zero-order chi connectivity index (χ0) is 24.6. The minimum absolute atomic E-state index is 0.175. The zero-order valence-electron chi connectivity index (χ0n) is 19.5. The lowest BCUT2D eigenvalue weighted by Crippen LogP contribution is -2.51. The first-order valence-electron chi connectivity index (χ1n) is 10.9. The highest BCUT2D eigenvalue weighted by Gasteiger charge is 2.30. The summed E-state index contributed by atoms with van der Waals surface area (Å²) in [5, 5.41) is 3.25. The van der Waals surface area contributed by atoms with Gasteiger partial charge >= 0.3 is 0 Å². The molecule has 2 aromatic rings. The molecule has 2 rings (SSSR count). The third-order valence-electron chi connectivity index (χ3n) is 5.32. The van der Waals surface area contributed by atoms with Crippen LogP contribution in [0.4, 0.5) is 5.69 Å². The van der Waals surface area contributed by atoms with Gasteiger partial charge < -0.3 is 10.2 Å². The highest BCUT2D eigenvalue weighted by Crippen LogP contribution is 2.25. The van der Waals surface area contributed by atoms with E-state index < -0.39 is 28.5 Å². The number of hydrogen-bond acceptors (Lipinski definition) is 4. The molecule has 2 aromatic carbocycles. The van der Waals surface area contributed by atoms with Crippen LogP contribution in [0.3, 0.4) is 0 Å². The van der Waals surface area contributed by atoms with Gasteiger partial charge in [-0.1, -0.05) is 61.3 Å². The van der Waals surface area contributed by atoms with Gasteiger partial charge in [-0.05, 0) is 43.5 Å². The van der Waals surface area contributed by atoms with Crippen LogP contribution in [0.15, 0.2) is 48.5 Å². The normalized spacial score (nSPS) is 12.2. The Balaban J connectivity index is 2.34. The van der Waals surface area contributed by atoms with Gasteiger partial charge in [0.15, 0.2) is 0 Å². The van der Waals surface area contributed by atoms with Gasteiger partial charge in [-0.15, -0.1) is 0 Å². The third-order valence-corrected chi connectivity index (χ3v) is 6.86. The number of carbonyl (C=O) groups excluding carboxylic acids is 2. The molecule has 1 N–H and O–H groups in total. The topological polar surface area (TPSA) is 86.8 Å². The first kappa shape index (κ1) is 26.7. The molecule has 9 heteroatoms. The second-order valence-corrected chi connectivity index (χ2v) is 10.3. The molecule has 33 heavy (non-hydrogen) atoms. The largest absolute Gasteiger partial charge is 0.354 e. The number of sulfonamides is 1. The van der Waals surface area contributed by atoms with Gasteiger partial charge in [-0.25, -0.2) is 8.42 Å². The van der Waals surface area contributed by atoms with E-state index in [1.165, 1.54) is 11.0 Å². The number of hydrogen-bond donors (Lipinski definition) is 1. The van der Waals surface area contributed by atoms with Crippen molar-refractivity contribution in [3.8, 4) is 0 Å². The van der Waals surface area contributed by atoms with Crippen LogP contribution in [0.2, 0.25) is 5.02 Å². The summed E-state index contributed by atoms with van der Waals surface area (Å²) in [4.78, 5) is 27.6. The Hall–Kier alpha value is -2.58. The van der Waals surface area contributed by atoms with Gasteiger partial charge in [0, 0.05) is 18.1 Å². The molecule has 0 heterocycles. The molecule has 180 valence electrons. The Kier molecular flexibility index (Phi) is 9.73. The number of amides is 2. The maximum Gasteiger partial charge on any atom is 0.244 e. The number of aryl methyl sites for hydroxylation is 1. The Bertz CT molecular complexity index is 1060. The Morgan fingerprint density at radius 2 is 1.79 bits per heavy atom. The summed E-state index contributed by atoms with van der Waals surface area (Å²) in [7, 11) is -3.79. The monoisotopic (exact) mass is 493 g/mol. The molecule has 1 atom stereocenters. The summed E-state index contributed by atoms with van der Waals surface area (Å²) in [5.41, 5.74) is 1.92. The van der Waals surface area contributed by atoms with Gasteiger partial charge in [0.2, 0.25) is 21.8 Å². The number of nitrogens with one attached hydrogen (secondary N) is 1. The minimum Gasteiger partial charge on any atom is -0.354 e. The zero-order valence-corrected chi connectivity index (χ0v) is 21.1. The minimum atomic E-state index is -3.79. The van der Waals surface area contributed by atoms with Crippen LogP contribution >= 0.6 is 11.6 Å². The number of carbonyl (C=O) groups is 2. The van der Waals surface area contributed by atoms with E-state index in [1.807, 2.05) is 44.2 Å². The summed E-state index contributed by atoms with van der Waals surface area (Å²) in [6, 6.07) is 13.3. The first-order chi connectivity index (χ1) is 15.5. The van der Waals surface area contributed by atoms with E-state index in [4.69, 9.17) is 11.6 Å². The Morgan fingerprint density at radius 3 is 2.36 bits per heavy atom. The lowest BCUT2D eigenvalue weighted by atomic mass is 10.1. The molecule has 0 saturated carbocycles. The van der Waals surface area contributed by atoms with E-state index in [-0.39, 0.29) is 12.5 Å². The fraction of sp³-hybridized carbons (Fsp3) is 0.417. The third kappa shape index (κ3) is 7.75. The van der Waals surface area contributed by atoms with Crippen LogP contribution in [0.25, 0.3) is 0 Å². The van der Waals surface area contributed by atoms with Crippen molar-refractivity contribution in [1.82, 2.24) is 10.2 Å². The Labute approximate surface area is 201 Å². The first-order valence-corrected chi connectivity index (χ1v) is 13.1.